The Kier molecular flexibility index (Phi) is 4.36. The molecule has 1 saturated heterocycles. The van der Waals surface area contributed by atoms with E-state index in [1.54, 1.807) is 0 Å². The molecule has 6 nitrogen and oxygen atoms in total. The monoisotopic (exact) mass is 388 g/mol. The van der Waals surface area contributed by atoms with E-state index in [9.17, 15) is 4.79 Å². The van der Waals surface area contributed by atoms with Gasteiger partial charge in [-0.25, -0.2) is 9.78 Å². The van der Waals surface area contributed by atoms with Gasteiger partial charge in [0.1, 0.15) is 11.2 Å². The highest BCUT2D eigenvalue weighted by atomic mass is 16.4. The summed E-state index contributed by atoms with van der Waals surface area (Å²) in [5.74, 6) is 0. The quantitative estimate of drug-likeness (QED) is 0.492. The molecule has 1 aliphatic heterocycles. The Bertz CT molecular complexity index is 1260. The van der Waals surface area contributed by atoms with Crippen LogP contribution < -0.4 is 10.5 Å². The van der Waals surface area contributed by atoms with Gasteiger partial charge in [0.2, 0.25) is 0 Å². The maximum atomic E-state index is 12.7. The van der Waals surface area contributed by atoms with Crippen molar-refractivity contribution in [2.45, 2.75) is 13.3 Å². The summed E-state index contributed by atoms with van der Waals surface area (Å²) >= 11 is 0. The molecule has 4 heterocycles. The summed E-state index contributed by atoms with van der Waals surface area (Å²) in [6, 6.07) is 11.9. The third-order valence-electron chi connectivity index (χ3n) is 5.69. The second-order valence-electron chi connectivity index (χ2n) is 7.88. The molecule has 4 aromatic rings. The van der Waals surface area contributed by atoms with Crippen LogP contribution in [0.25, 0.3) is 27.7 Å². The van der Waals surface area contributed by atoms with Crippen molar-refractivity contribution in [2.24, 2.45) is 0 Å². The highest BCUT2D eigenvalue weighted by Crippen LogP contribution is 2.26. The van der Waals surface area contributed by atoms with Gasteiger partial charge in [0.15, 0.2) is 0 Å². The number of aryl methyl sites for hydroxylation is 1. The first kappa shape index (κ1) is 17.9. The summed E-state index contributed by atoms with van der Waals surface area (Å²) in [7, 11) is 2.16. The smallest absolute Gasteiger partial charge is 0.344 e. The maximum absolute atomic E-state index is 12.7. The summed E-state index contributed by atoms with van der Waals surface area (Å²) in [5.41, 5.74) is 4.62. The van der Waals surface area contributed by atoms with Crippen molar-refractivity contribution in [1.82, 2.24) is 14.3 Å². The molecule has 1 fully saturated rings. The molecule has 0 atom stereocenters. The van der Waals surface area contributed by atoms with Crippen molar-refractivity contribution in [3.63, 3.8) is 0 Å². The summed E-state index contributed by atoms with van der Waals surface area (Å²) in [6.45, 7) is 6.11. The minimum atomic E-state index is -0.318. The van der Waals surface area contributed by atoms with E-state index in [-0.39, 0.29) is 5.63 Å². The van der Waals surface area contributed by atoms with Crippen molar-refractivity contribution in [1.29, 1.82) is 0 Å². The van der Waals surface area contributed by atoms with Crippen LogP contribution in [-0.2, 0) is 0 Å². The molecule has 0 unspecified atom stereocenters. The third kappa shape index (κ3) is 3.40. The Labute approximate surface area is 169 Å². The second kappa shape index (κ2) is 7.04. The second-order valence-corrected chi connectivity index (χ2v) is 7.88. The molecule has 0 saturated carbocycles. The number of pyridine rings is 1. The minimum absolute atomic E-state index is 0.318. The van der Waals surface area contributed by atoms with E-state index in [1.807, 2.05) is 54.0 Å². The third-order valence-corrected chi connectivity index (χ3v) is 5.69. The SMILES string of the molecule is Cc1cn2cc(-c3cc4ccc(N5CCCN(C)CC5)cc4oc3=O)ccc2n1. The highest BCUT2D eigenvalue weighted by Gasteiger charge is 2.15. The summed E-state index contributed by atoms with van der Waals surface area (Å²) in [4.78, 5) is 21.9. The number of imidazole rings is 1. The molecule has 6 heteroatoms. The van der Waals surface area contributed by atoms with Crippen molar-refractivity contribution < 1.29 is 4.42 Å². The van der Waals surface area contributed by atoms with Crippen molar-refractivity contribution in [3.8, 4) is 11.1 Å². The Balaban J connectivity index is 1.53. The van der Waals surface area contributed by atoms with Crippen LogP contribution in [0.4, 0.5) is 5.69 Å². The van der Waals surface area contributed by atoms with Crippen LogP contribution in [0.3, 0.4) is 0 Å². The first-order valence-electron chi connectivity index (χ1n) is 10.0. The number of nitrogens with zero attached hydrogens (tertiary/aromatic N) is 4. The Morgan fingerprint density at radius 1 is 1.00 bits per heavy atom. The van der Waals surface area contributed by atoms with Gasteiger partial charge >= 0.3 is 5.63 Å². The van der Waals surface area contributed by atoms with Gasteiger partial charge in [-0.1, -0.05) is 0 Å². The number of hydrogen-bond acceptors (Lipinski definition) is 5. The van der Waals surface area contributed by atoms with Gasteiger partial charge in [-0.15, -0.1) is 0 Å². The van der Waals surface area contributed by atoms with Crippen LogP contribution in [0.15, 0.2) is 58.0 Å². The van der Waals surface area contributed by atoms with Crippen LogP contribution in [0, 0.1) is 6.92 Å². The molecule has 0 aliphatic carbocycles. The van der Waals surface area contributed by atoms with Crippen molar-refractivity contribution >= 4 is 22.3 Å². The standard InChI is InChI=1S/C23H24N4O2/c1-16-14-27-15-18(5-7-22(27)24-16)20-12-17-4-6-19(13-21(17)29-23(20)28)26-9-3-8-25(2)10-11-26/h4-7,12-15H,3,8-11H2,1-2H3. The molecular formula is C23H24N4O2. The van der Waals surface area contributed by atoms with E-state index in [0.29, 0.717) is 11.1 Å². The summed E-state index contributed by atoms with van der Waals surface area (Å²) < 4.78 is 7.67. The topological polar surface area (TPSA) is 54.0 Å². The molecule has 148 valence electrons. The van der Waals surface area contributed by atoms with Gasteiger partial charge in [0.25, 0.3) is 0 Å². The zero-order valence-corrected chi connectivity index (χ0v) is 16.8. The first-order chi connectivity index (χ1) is 14.1. The Morgan fingerprint density at radius 2 is 1.90 bits per heavy atom. The number of aromatic nitrogens is 2. The maximum Gasteiger partial charge on any atom is 0.344 e. The average Bonchev–Trinajstić information content (AvgIpc) is 2.94. The molecule has 1 aromatic carbocycles. The lowest BCUT2D eigenvalue weighted by atomic mass is 10.1. The Morgan fingerprint density at radius 3 is 2.79 bits per heavy atom. The normalized spacial score (nSPS) is 15.9. The number of benzene rings is 1. The van der Waals surface area contributed by atoms with Gasteiger partial charge in [-0.2, -0.15) is 0 Å². The molecule has 3 aromatic heterocycles. The molecule has 0 bridgehead atoms. The van der Waals surface area contributed by atoms with E-state index < -0.39 is 0 Å². The Hall–Kier alpha value is -3.12. The molecule has 29 heavy (non-hydrogen) atoms. The summed E-state index contributed by atoms with van der Waals surface area (Å²) in [6.07, 6.45) is 5.01. The van der Waals surface area contributed by atoms with Gasteiger partial charge in [0, 0.05) is 54.7 Å². The molecule has 0 N–H and O–H groups in total. The lowest BCUT2D eigenvalue weighted by Gasteiger charge is -2.23. The zero-order chi connectivity index (χ0) is 20.0. The van der Waals surface area contributed by atoms with Crippen LogP contribution in [0.1, 0.15) is 12.1 Å². The predicted molar refractivity (Wildman–Crippen MR) is 116 cm³/mol. The van der Waals surface area contributed by atoms with Crippen LogP contribution >= 0.6 is 0 Å². The molecule has 0 radical (unpaired) electrons. The highest BCUT2D eigenvalue weighted by molar-refractivity contribution is 5.84. The number of rotatable bonds is 2. The number of likely N-dealkylation sites (N-methyl/N-ethyl adjacent to an activating group) is 1. The predicted octanol–water partition coefficient (Wildman–Crippen LogP) is 3.56. The summed E-state index contributed by atoms with van der Waals surface area (Å²) in [5, 5.41) is 0.928. The van der Waals surface area contributed by atoms with Gasteiger partial charge in [-0.3, -0.25) is 0 Å². The zero-order valence-electron chi connectivity index (χ0n) is 16.8. The van der Waals surface area contributed by atoms with Crippen LogP contribution in [0.2, 0.25) is 0 Å². The van der Waals surface area contributed by atoms with E-state index >= 15 is 0 Å². The fraction of sp³-hybridized carbons (Fsp3) is 0.304. The van der Waals surface area contributed by atoms with Gasteiger partial charge in [-0.05, 0) is 57.3 Å². The first-order valence-corrected chi connectivity index (χ1v) is 10.0. The van der Waals surface area contributed by atoms with Gasteiger partial charge in [0.05, 0.1) is 11.3 Å². The molecule has 5 rings (SSSR count). The lowest BCUT2D eigenvalue weighted by Crippen LogP contribution is -2.28. The largest absolute Gasteiger partial charge is 0.422 e. The van der Waals surface area contributed by atoms with Crippen LogP contribution in [0.5, 0.6) is 0 Å². The number of anilines is 1. The average molecular weight is 388 g/mol. The van der Waals surface area contributed by atoms with E-state index in [4.69, 9.17) is 4.42 Å². The van der Waals surface area contributed by atoms with Crippen molar-refractivity contribution in [2.75, 3.05) is 38.1 Å². The molecular weight excluding hydrogens is 364 g/mol. The fourth-order valence-corrected chi connectivity index (χ4v) is 4.08. The number of fused-ring (bicyclic) bond motifs is 2. The minimum Gasteiger partial charge on any atom is -0.422 e. The van der Waals surface area contributed by atoms with Gasteiger partial charge < -0.3 is 18.6 Å². The fourth-order valence-electron chi connectivity index (χ4n) is 4.08. The molecule has 0 amide bonds. The molecule has 0 spiro atoms. The molecule has 1 aliphatic rings. The lowest BCUT2D eigenvalue weighted by molar-refractivity contribution is 0.360. The number of hydrogen-bond donors (Lipinski definition) is 0. The van der Waals surface area contributed by atoms with Crippen molar-refractivity contribution in [3.05, 3.63) is 64.9 Å². The van der Waals surface area contributed by atoms with E-state index in [2.05, 4.69) is 27.9 Å². The van der Waals surface area contributed by atoms with Crippen LogP contribution in [-0.4, -0.2) is 47.5 Å². The van der Waals surface area contributed by atoms with E-state index in [1.165, 1.54) is 0 Å². The van der Waals surface area contributed by atoms with E-state index in [0.717, 1.165) is 60.6 Å².